The fourth-order valence-corrected chi connectivity index (χ4v) is 8.55. The molecule has 2 aliphatic heterocycles. The molecule has 45 heavy (non-hydrogen) atoms. The van der Waals surface area contributed by atoms with E-state index in [-0.39, 0.29) is 41.1 Å². The number of fused-ring (bicyclic) bond motifs is 4. The SMILES string of the molecule is C=Cc1ccc(N2C(=O)[C@H]3[C@H](CC=C4[C@H]3C[C@H]3C(=O)N(c5ccc(F)c(Cl)c5)C(=O)[C@@]3(C)[C@H]4c3cc(Br)ccc3O)C2=O)cc1. The highest BCUT2D eigenvalue weighted by molar-refractivity contribution is 9.10. The molecule has 2 heterocycles. The number of hydrogen-bond acceptors (Lipinski definition) is 5. The van der Waals surface area contributed by atoms with Crippen molar-refractivity contribution in [3.05, 3.63) is 105 Å². The maximum Gasteiger partial charge on any atom is 0.241 e. The van der Waals surface area contributed by atoms with E-state index < -0.39 is 52.6 Å². The molecule has 10 heteroatoms. The highest BCUT2D eigenvalue weighted by atomic mass is 79.9. The van der Waals surface area contributed by atoms with E-state index in [2.05, 4.69) is 22.5 Å². The average molecular weight is 690 g/mol. The molecule has 3 aromatic carbocycles. The number of imide groups is 2. The maximum atomic E-state index is 14.5. The summed E-state index contributed by atoms with van der Waals surface area (Å²) >= 11 is 9.54. The predicted octanol–water partition coefficient (Wildman–Crippen LogP) is 7.03. The second-order valence-electron chi connectivity index (χ2n) is 12.3. The van der Waals surface area contributed by atoms with Crippen LogP contribution in [0.3, 0.4) is 0 Å². The predicted molar refractivity (Wildman–Crippen MR) is 171 cm³/mol. The van der Waals surface area contributed by atoms with Crippen LogP contribution in [0.15, 0.2) is 83.4 Å². The molecule has 0 radical (unpaired) electrons. The molecular weight excluding hydrogens is 663 g/mol. The lowest BCUT2D eigenvalue weighted by molar-refractivity contribution is -0.131. The second-order valence-corrected chi connectivity index (χ2v) is 13.6. The van der Waals surface area contributed by atoms with Crippen molar-refractivity contribution in [3.8, 4) is 5.75 Å². The summed E-state index contributed by atoms with van der Waals surface area (Å²) in [5.74, 6) is -6.05. The van der Waals surface area contributed by atoms with Gasteiger partial charge >= 0.3 is 0 Å². The zero-order chi connectivity index (χ0) is 31.9. The molecule has 0 aromatic heterocycles. The van der Waals surface area contributed by atoms with Crippen LogP contribution in [0.5, 0.6) is 5.75 Å². The van der Waals surface area contributed by atoms with Crippen LogP contribution in [0, 0.1) is 34.9 Å². The largest absolute Gasteiger partial charge is 0.508 e. The smallest absolute Gasteiger partial charge is 0.241 e. The molecule has 0 spiro atoms. The van der Waals surface area contributed by atoms with E-state index in [0.717, 1.165) is 22.1 Å². The molecule has 7 nitrogen and oxygen atoms in total. The van der Waals surface area contributed by atoms with Gasteiger partial charge in [0.15, 0.2) is 0 Å². The van der Waals surface area contributed by atoms with Crippen molar-refractivity contribution >= 4 is 68.6 Å². The molecule has 2 aliphatic carbocycles. The van der Waals surface area contributed by atoms with Crippen molar-refractivity contribution in [2.45, 2.75) is 25.7 Å². The summed E-state index contributed by atoms with van der Waals surface area (Å²) in [7, 11) is 0. The Bertz CT molecular complexity index is 1880. The van der Waals surface area contributed by atoms with E-state index in [1.165, 1.54) is 23.1 Å². The van der Waals surface area contributed by atoms with E-state index in [1.54, 1.807) is 49.4 Å². The molecule has 7 rings (SSSR count). The van der Waals surface area contributed by atoms with Crippen LogP contribution in [-0.2, 0) is 19.2 Å². The van der Waals surface area contributed by atoms with E-state index in [0.29, 0.717) is 15.7 Å². The number of rotatable bonds is 4. The van der Waals surface area contributed by atoms with Gasteiger partial charge in [-0.2, -0.15) is 0 Å². The van der Waals surface area contributed by atoms with Crippen molar-refractivity contribution < 1.29 is 28.7 Å². The zero-order valence-corrected chi connectivity index (χ0v) is 26.4. The number of nitrogens with zero attached hydrogens (tertiary/aromatic N) is 2. The average Bonchev–Trinajstić information content (AvgIpc) is 3.39. The van der Waals surface area contributed by atoms with E-state index in [1.807, 2.05) is 6.08 Å². The Labute approximate surface area is 272 Å². The molecule has 4 aliphatic rings. The molecule has 3 aromatic rings. The van der Waals surface area contributed by atoms with Gasteiger partial charge in [-0.25, -0.2) is 9.29 Å². The molecular formula is C35H27BrClFN2O5. The Kier molecular flexibility index (Phi) is 6.91. The van der Waals surface area contributed by atoms with Crippen LogP contribution in [0.25, 0.3) is 6.08 Å². The van der Waals surface area contributed by atoms with E-state index in [9.17, 15) is 28.7 Å². The van der Waals surface area contributed by atoms with Gasteiger partial charge in [0.25, 0.3) is 0 Å². The number of anilines is 2. The normalized spacial score (nSPS) is 29.0. The number of carbonyl (C=O) groups is 4. The maximum absolute atomic E-state index is 14.5. The van der Waals surface area contributed by atoms with Gasteiger partial charge in [0, 0.05) is 16.0 Å². The Morgan fingerprint density at radius 3 is 2.36 bits per heavy atom. The van der Waals surface area contributed by atoms with Crippen molar-refractivity contribution in [3.63, 3.8) is 0 Å². The number of carbonyl (C=O) groups excluding carboxylic acids is 4. The first-order valence-electron chi connectivity index (χ1n) is 14.6. The number of phenolic OH excluding ortho intramolecular Hbond substituents is 1. The number of allylic oxidation sites excluding steroid dienone is 2. The minimum atomic E-state index is -1.36. The van der Waals surface area contributed by atoms with E-state index in [4.69, 9.17) is 11.6 Å². The minimum absolute atomic E-state index is 0.0619. The minimum Gasteiger partial charge on any atom is -0.508 e. The van der Waals surface area contributed by atoms with Gasteiger partial charge in [0.05, 0.1) is 39.6 Å². The molecule has 1 N–H and O–H groups in total. The number of hydrogen-bond donors (Lipinski definition) is 1. The number of phenols is 1. The number of aromatic hydroxyl groups is 1. The van der Waals surface area contributed by atoms with Crippen LogP contribution in [-0.4, -0.2) is 28.7 Å². The number of halogens is 3. The third-order valence-corrected chi connectivity index (χ3v) is 10.9. The van der Waals surface area contributed by atoms with Gasteiger partial charge in [0.1, 0.15) is 11.6 Å². The Morgan fingerprint density at radius 1 is 0.956 bits per heavy atom. The van der Waals surface area contributed by atoms with E-state index >= 15 is 0 Å². The quantitative estimate of drug-likeness (QED) is 0.235. The number of amides is 4. The molecule has 6 atom stereocenters. The highest BCUT2D eigenvalue weighted by Gasteiger charge is 2.68. The van der Waals surface area contributed by atoms with Crippen LogP contribution in [0.2, 0.25) is 5.02 Å². The first-order chi connectivity index (χ1) is 21.5. The molecule has 2 saturated heterocycles. The Balaban J connectivity index is 1.37. The van der Waals surface area contributed by atoms with Crippen LogP contribution >= 0.6 is 27.5 Å². The molecule has 1 saturated carbocycles. The van der Waals surface area contributed by atoms with Crippen LogP contribution in [0.4, 0.5) is 15.8 Å². The van der Waals surface area contributed by atoms with Crippen molar-refractivity contribution in [1.29, 1.82) is 0 Å². The van der Waals surface area contributed by atoms with Gasteiger partial charge in [-0.15, -0.1) is 0 Å². The van der Waals surface area contributed by atoms with Crippen molar-refractivity contribution in [2.75, 3.05) is 9.80 Å². The standard InChI is InChI=1S/C35H27BrClFN2O5/c1-3-17-4-7-19(8-5-17)39-31(42)22-11-10-21-23(29(22)33(39)44)16-25-32(43)40(20-9-12-27(38)26(37)15-20)34(45)35(25,2)30(21)24-14-18(36)6-13-28(24)41/h3-10,12-15,22-23,25,29-30,41H,1,11,16H2,2H3/t22-,23+,25-,29-,30+,35+/m0/s1. The summed E-state index contributed by atoms with van der Waals surface area (Å²) < 4.78 is 14.7. The van der Waals surface area contributed by atoms with Gasteiger partial charge in [-0.3, -0.25) is 24.1 Å². The fourth-order valence-electron chi connectivity index (χ4n) is 8.00. The van der Waals surface area contributed by atoms with Gasteiger partial charge in [-0.1, -0.05) is 64.0 Å². The van der Waals surface area contributed by atoms with Gasteiger partial charge in [0.2, 0.25) is 23.6 Å². The lowest BCUT2D eigenvalue weighted by Gasteiger charge is -2.49. The highest BCUT2D eigenvalue weighted by Crippen LogP contribution is 2.64. The van der Waals surface area contributed by atoms with Gasteiger partial charge in [-0.05, 0) is 79.8 Å². The Morgan fingerprint density at radius 2 is 1.67 bits per heavy atom. The molecule has 228 valence electrons. The molecule has 0 unspecified atom stereocenters. The summed E-state index contributed by atoms with van der Waals surface area (Å²) in [6, 6.07) is 15.6. The molecule has 3 fully saturated rings. The lowest BCUT2D eigenvalue weighted by atomic mass is 9.51. The number of benzene rings is 3. The first-order valence-corrected chi connectivity index (χ1v) is 15.8. The third-order valence-electron chi connectivity index (χ3n) is 10.1. The van der Waals surface area contributed by atoms with Crippen molar-refractivity contribution in [1.82, 2.24) is 0 Å². The third kappa shape index (κ3) is 4.20. The monoisotopic (exact) mass is 688 g/mol. The topological polar surface area (TPSA) is 95.0 Å². The molecule has 0 bridgehead atoms. The van der Waals surface area contributed by atoms with Gasteiger partial charge < -0.3 is 5.11 Å². The molecule has 4 amide bonds. The summed E-state index contributed by atoms with van der Waals surface area (Å²) in [4.78, 5) is 58.9. The Hall–Kier alpha value is -4.08. The zero-order valence-electron chi connectivity index (χ0n) is 24.0. The summed E-state index contributed by atoms with van der Waals surface area (Å²) in [5.41, 5.74) is 1.25. The fraction of sp³-hybridized carbons (Fsp3) is 0.257. The van der Waals surface area contributed by atoms with Crippen LogP contribution in [0.1, 0.15) is 36.8 Å². The summed E-state index contributed by atoms with van der Waals surface area (Å²) in [6.45, 7) is 5.47. The first kappa shape index (κ1) is 29.6. The second kappa shape index (κ2) is 10.5. The van der Waals surface area contributed by atoms with Crippen LogP contribution < -0.4 is 9.80 Å². The summed E-state index contributed by atoms with van der Waals surface area (Å²) in [6.07, 6.45) is 4.01. The summed E-state index contributed by atoms with van der Waals surface area (Å²) in [5, 5.41) is 10.9. The lowest BCUT2D eigenvalue weighted by Crippen LogP contribution is -2.48. The van der Waals surface area contributed by atoms with Crippen molar-refractivity contribution in [2.24, 2.45) is 29.1 Å².